The van der Waals surface area contributed by atoms with E-state index in [1.807, 2.05) is 42.6 Å². The molecule has 2 aromatic rings. The highest BCUT2D eigenvalue weighted by Crippen LogP contribution is 2.10. The van der Waals surface area contributed by atoms with Gasteiger partial charge in [0.1, 0.15) is 0 Å². The van der Waals surface area contributed by atoms with Gasteiger partial charge in [0.2, 0.25) is 5.91 Å². The maximum atomic E-state index is 11.6. The zero-order valence-corrected chi connectivity index (χ0v) is 14.5. The summed E-state index contributed by atoms with van der Waals surface area (Å²) in [6.45, 7) is 5.91. The van der Waals surface area contributed by atoms with Gasteiger partial charge in [-0.25, -0.2) is 0 Å². The molecular formula is C20H27N3O. The van der Waals surface area contributed by atoms with Crippen LogP contribution in [0.15, 0.2) is 54.9 Å². The lowest BCUT2D eigenvalue weighted by atomic mass is 10.1. The van der Waals surface area contributed by atoms with Gasteiger partial charge in [0.05, 0.1) is 6.04 Å². The highest BCUT2D eigenvalue weighted by Gasteiger charge is 2.21. The maximum Gasteiger partial charge on any atom is 0.237 e. The molecule has 1 aliphatic heterocycles. The summed E-state index contributed by atoms with van der Waals surface area (Å²) in [5.74, 6) is 0.718. The lowest BCUT2D eigenvalue weighted by Crippen LogP contribution is -2.39. The van der Waals surface area contributed by atoms with E-state index in [0.717, 1.165) is 24.9 Å². The molecule has 1 fully saturated rings. The molecule has 1 unspecified atom stereocenters. The first-order valence-electron chi connectivity index (χ1n) is 8.61. The first-order chi connectivity index (χ1) is 11.7. The lowest BCUT2D eigenvalue weighted by molar-refractivity contribution is -0.122. The Morgan fingerprint density at radius 1 is 1.25 bits per heavy atom. The van der Waals surface area contributed by atoms with Crippen molar-refractivity contribution in [3.05, 3.63) is 66.0 Å². The van der Waals surface area contributed by atoms with Gasteiger partial charge in [-0.1, -0.05) is 50.2 Å². The zero-order valence-electron chi connectivity index (χ0n) is 14.5. The van der Waals surface area contributed by atoms with Crippen molar-refractivity contribution in [3.8, 4) is 0 Å². The summed E-state index contributed by atoms with van der Waals surface area (Å²) in [7, 11) is 0. The number of amides is 1. The summed E-state index contributed by atoms with van der Waals surface area (Å²) in [5.41, 5.74) is 2.45. The highest BCUT2D eigenvalue weighted by atomic mass is 16.2. The van der Waals surface area contributed by atoms with Crippen LogP contribution in [-0.2, 0) is 11.3 Å². The molecule has 1 aromatic carbocycles. The monoisotopic (exact) mass is 325 g/mol. The minimum atomic E-state index is 0.0220. The van der Waals surface area contributed by atoms with Crippen LogP contribution in [0, 0.1) is 0 Å². The van der Waals surface area contributed by atoms with Crippen molar-refractivity contribution >= 4 is 5.91 Å². The Morgan fingerprint density at radius 2 is 2.04 bits per heavy atom. The fourth-order valence-electron chi connectivity index (χ4n) is 2.53. The topological polar surface area (TPSA) is 54.0 Å². The first kappa shape index (κ1) is 18.1. The standard InChI is InChI=1S/C12H16N2O.C8H11N/c15-12(11-7-4-8-13-11)14-9-10-5-2-1-3-6-10;1-7(2)8-4-3-5-9-6-8/h1-3,5-6,11,13H,4,7-9H2,(H,14,15);3-7H,1-2H3. The predicted octanol–water partition coefficient (Wildman–Crippen LogP) is 3.26. The van der Waals surface area contributed by atoms with E-state index in [4.69, 9.17) is 0 Å². The molecule has 0 radical (unpaired) electrons. The van der Waals surface area contributed by atoms with Gasteiger partial charge in [0.15, 0.2) is 0 Å². The fraction of sp³-hybridized carbons (Fsp3) is 0.400. The van der Waals surface area contributed by atoms with Gasteiger partial charge in [-0.15, -0.1) is 0 Å². The largest absolute Gasteiger partial charge is 0.351 e. The first-order valence-corrected chi connectivity index (χ1v) is 8.61. The number of carbonyl (C=O) groups excluding carboxylic acids is 1. The lowest BCUT2D eigenvalue weighted by Gasteiger charge is -2.10. The number of pyridine rings is 1. The molecule has 1 atom stereocenters. The number of hydrogen-bond acceptors (Lipinski definition) is 3. The molecule has 1 amide bonds. The minimum Gasteiger partial charge on any atom is -0.351 e. The quantitative estimate of drug-likeness (QED) is 0.907. The third kappa shape index (κ3) is 6.13. The van der Waals surface area contributed by atoms with Crippen molar-refractivity contribution in [2.45, 2.75) is 45.2 Å². The number of carbonyl (C=O) groups is 1. The maximum absolute atomic E-state index is 11.6. The summed E-state index contributed by atoms with van der Waals surface area (Å²) >= 11 is 0. The summed E-state index contributed by atoms with van der Waals surface area (Å²) in [6.07, 6.45) is 5.76. The van der Waals surface area contributed by atoms with Crippen molar-refractivity contribution in [2.24, 2.45) is 0 Å². The molecule has 128 valence electrons. The average molecular weight is 325 g/mol. The van der Waals surface area contributed by atoms with E-state index in [2.05, 4.69) is 35.5 Å². The van der Waals surface area contributed by atoms with E-state index in [0.29, 0.717) is 12.5 Å². The molecular weight excluding hydrogens is 298 g/mol. The van der Waals surface area contributed by atoms with Crippen LogP contribution >= 0.6 is 0 Å². The molecule has 1 saturated heterocycles. The second-order valence-corrected chi connectivity index (χ2v) is 6.29. The molecule has 1 aliphatic rings. The normalized spacial score (nSPS) is 16.4. The third-order valence-electron chi connectivity index (χ3n) is 4.04. The van der Waals surface area contributed by atoms with Crippen molar-refractivity contribution in [1.29, 1.82) is 0 Å². The average Bonchev–Trinajstić information content (AvgIpc) is 3.17. The molecule has 0 bridgehead atoms. The van der Waals surface area contributed by atoms with Crippen LogP contribution < -0.4 is 10.6 Å². The molecule has 24 heavy (non-hydrogen) atoms. The number of nitrogens with zero attached hydrogens (tertiary/aromatic N) is 1. The number of aromatic nitrogens is 1. The molecule has 4 nitrogen and oxygen atoms in total. The fourth-order valence-corrected chi connectivity index (χ4v) is 2.53. The molecule has 3 rings (SSSR count). The predicted molar refractivity (Wildman–Crippen MR) is 97.6 cm³/mol. The van der Waals surface area contributed by atoms with Gasteiger partial charge in [-0.2, -0.15) is 0 Å². The Kier molecular flexibility index (Phi) is 7.43. The third-order valence-corrected chi connectivity index (χ3v) is 4.04. The van der Waals surface area contributed by atoms with E-state index < -0.39 is 0 Å². The van der Waals surface area contributed by atoms with Crippen LogP contribution in [-0.4, -0.2) is 23.5 Å². The SMILES string of the molecule is CC(C)c1cccnc1.O=C(NCc1ccccc1)C1CCCN1. The minimum absolute atomic E-state index is 0.0220. The van der Waals surface area contributed by atoms with E-state index >= 15 is 0 Å². The van der Waals surface area contributed by atoms with Gasteiger partial charge in [-0.05, 0) is 42.5 Å². The Bertz CT molecular complexity index is 593. The zero-order chi connectivity index (χ0) is 17.2. The van der Waals surface area contributed by atoms with Gasteiger partial charge in [0, 0.05) is 18.9 Å². The number of nitrogens with one attached hydrogen (secondary N) is 2. The van der Waals surface area contributed by atoms with Gasteiger partial charge >= 0.3 is 0 Å². The second kappa shape index (κ2) is 9.83. The molecule has 0 spiro atoms. The molecule has 0 saturated carbocycles. The summed E-state index contributed by atoms with van der Waals surface area (Å²) in [5, 5.41) is 6.12. The summed E-state index contributed by atoms with van der Waals surface area (Å²) in [6, 6.07) is 14.1. The molecule has 2 heterocycles. The Labute approximate surface area is 144 Å². The van der Waals surface area contributed by atoms with Crippen LogP contribution in [0.3, 0.4) is 0 Å². The second-order valence-electron chi connectivity index (χ2n) is 6.29. The van der Waals surface area contributed by atoms with E-state index in [-0.39, 0.29) is 11.9 Å². The molecule has 0 aliphatic carbocycles. The van der Waals surface area contributed by atoms with E-state index in [1.54, 1.807) is 6.20 Å². The Balaban J connectivity index is 0.000000198. The van der Waals surface area contributed by atoms with Crippen LogP contribution in [0.25, 0.3) is 0 Å². The molecule has 4 heteroatoms. The van der Waals surface area contributed by atoms with Gasteiger partial charge in [0.25, 0.3) is 0 Å². The van der Waals surface area contributed by atoms with Crippen molar-refractivity contribution in [1.82, 2.24) is 15.6 Å². The smallest absolute Gasteiger partial charge is 0.237 e. The van der Waals surface area contributed by atoms with Crippen LogP contribution in [0.4, 0.5) is 0 Å². The van der Waals surface area contributed by atoms with Crippen molar-refractivity contribution < 1.29 is 4.79 Å². The highest BCUT2D eigenvalue weighted by molar-refractivity contribution is 5.81. The number of rotatable bonds is 4. The van der Waals surface area contributed by atoms with Crippen molar-refractivity contribution in [3.63, 3.8) is 0 Å². The van der Waals surface area contributed by atoms with E-state index in [1.165, 1.54) is 5.56 Å². The van der Waals surface area contributed by atoms with E-state index in [9.17, 15) is 4.79 Å². The van der Waals surface area contributed by atoms with Gasteiger partial charge < -0.3 is 10.6 Å². The summed E-state index contributed by atoms with van der Waals surface area (Å²) < 4.78 is 0. The Morgan fingerprint density at radius 3 is 2.58 bits per heavy atom. The number of hydrogen-bond donors (Lipinski definition) is 2. The summed E-state index contributed by atoms with van der Waals surface area (Å²) in [4.78, 5) is 15.7. The van der Waals surface area contributed by atoms with Crippen LogP contribution in [0.1, 0.15) is 43.7 Å². The van der Waals surface area contributed by atoms with Crippen LogP contribution in [0.2, 0.25) is 0 Å². The molecule has 1 aromatic heterocycles. The molecule has 2 N–H and O–H groups in total. The van der Waals surface area contributed by atoms with Crippen molar-refractivity contribution in [2.75, 3.05) is 6.54 Å². The number of benzene rings is 1. The van der Waals surface area contributed by atoms with Crippen LogP contribution in [0.5, 0.6) is 0 Å². The van der Waals surface area contributed by atoms with Gasteiger partial charge in [-0.3, -0.25) is 9.78 Å². The Hall–Kier alpha value is -2.20.